The Morgan fingerprint density at radius 3 is 2.74 bits per heavy atom. The van der Waals surface area contributed by atoms with Gasteiger partial charge >= 0.3 is 0 Å². The Labute approximate surface area is 116 Å². The van der Waals surface area contributed by atoms with E-state index in [2.05, 4.69) is 19.9 Å². The van der Waals surface area contributed by atoms with E-state index < -0.39 is 16.1 Å². The van der Waals surface area contributed by atoms with Crippen molar-refractivity contribution in [1.29, 1.82) is 0 Å². The topological polar surface area (TPSA) is 87.7 Å². The number of aryl methyl sites for hydroxylation is 1. The quantitative estimate of drug-likeness (QED) is 0.901. The predicted octanol–water partition coefficient (Wildman–Crippen LogP) is 1.81. The van der Waals surface area contributed by atoms with Crippen molar-refractivity contribution in [2.75, 3.05) is 0 Å². The van der Waals surface area contributed by atoms with Crippen molar-refractivity contribution in [3.63, 3.8) is 0 Å². The minimum absolute atomic E-state index is 0.197. The van der Waals surface area contributed by atoms with E-state index in [9.17, 15) is 8.42 Å². The summed E-state index contributed by atoms with van der Waals surface area (Å²) >= 11 is 5.82. The highest BCUT2D eigenvalue weighted by Gasteiger charge is 2.21. The van der Waals surface area contributed by atoms with E-state index in [0.29, 0.717) is 16.4 Å². The SMILES string of the molecule is Cc1cc(Cl)ccc1S(=O)(=O)NC(C)c1ncn[nH]1. The lowest BCUT2D eigenvalue weighted by Crippen LogP contribution is -2.28. The molecule has 2 rings (SSSR count). The van der Waals surface area contributed by atoms with Gasteiger partial charge in [0, 0.05) is 5.02 Å². The van der Waals surface area contributed by atoms with Crippen molar-refractivity contribution in [2.24, 2.45) is 0 Å². The molecule has 19 heavy (non-hydrogen) atoms. The summed E-state index contributed by atoms with van der Waals surface area (Å²) < 4.78 is 27.0. The number of halogens is 1. The number of hydrogen-bond donors (Lipinski definition) is 2. The molecule has 0 aliphatic carbocycles. The number of aromatic nitrogens is 3. The third-order valence-corrected chi connectivity index (χ3v) is 4.54. The molecule has 0 amide bonds. The Morgan fingerprint density at radius 1 is 1.42 bits per heavy atom. The second-order valence-corrected chi connectivity index (χ2v) is 6.24. The molecule has 0 spiro atoms. The molecule has 0 radical (unpaired) electrons. The first kappa shape index (κ1) is 14.0. The van der Waals surface area contributed by atoms with Crippen LogP contribution < -0.4 is 4.72 Å². The van der Waals surface area contributed by atoms with Crippen LogP contribution in [0.15, 0.2) is 29.4 Å². The number of nitrogens with zero attached hydrogens (tertiary/aromatic N) is 2. The third-order valence-electron chi connectivity index (χ3n) is 2.60. The third kappa shape index (κ3) is 3.12. The molecule has 2 aromatic rings. The maximum Gasteiger partial charge on any atom is 0.241 e. The van der Waals surface area contributed by atoms with Gasteiger partial charge in [0.2, 0.25) is 10.0 Å². The van der Waals surface area contributed by atoms with E-state index in [-0.39, 0.29) is 4.90 Å². The highest BCUT2D eigenvalue weighted by atomic mass is 35.5. The lowest BCUT2D eigenvalue weighted by molar-refractivity contribution is 0.560. The van der Waals surface area contributed by atoms with Gasteiger partial charge in [0.25, 0.3) is 0 Å². The molecule has 6 nitrogen and oxygen atoms in total. The second-order valence-electron chi connectivity index (χ2n) is 4.12. The Hall–Kier alpha value is -1.44. The van der Waals surface area contributed by atoms with E-state index in [4.69, 9.17) is 11.6 Å². The van der Waals surface area contributed by atoms with Gasteiger partial charge in [-0.1, -0.05) is 11.6 Å². The van der Waals surface area contributed by atoms with Crippen molar-refractivity contribution in [3.8, 4) is 0 Å². The van der Waals surface area contributed by atoms with Crippen LogP contribution in [0, 0.1) is 6.92 Å². The highest BCUT2D eigenvalue weighted by Crippen LogP contribution is 2.21. The van der Waals surface area contributed by atoms with Crippen molar-refractivity contribution in [3.05, 3.63) is 40.9 Å². The van der Waals surface area contributed by atoms with E-state index in [1.165, 1.54) is 12.4 Å². The number of rotatable bonds is 4. The van der Waals surface area contributed by atoms with Crippen molar-refractivity contribution in [1.82, 2.24) is 19.9 Å². The summed E-state index contributed by atoms with van der Waals surface area (Å²) in [7, 11) is -3.63. The lowest BCUT2D eigenvalue weighted by atomic mass is 10.2. The van der Waals surface area contributed by atoms with Gasteiger partial charge in [-0.15, -0.1) is 0 Å². The van der Waals surface area contributed by atoms with Crippen LogP contribution in [0.5, 0.6) is 0 Å². The Balaban J connectivity index is 2.28. The number of sulfonamides is 1. The van der Waals surface area contributed by atoms with E-state index >= 15 is 0 Å². The van der Waals surface area contributed by atoms with Crippen molar-refractivity contribution >= 4 is 21.6 Å². The molecule has 2 N–H and O–H groups in total. The average molecular weight is 301 g/mol. The summed E-state index contributed by atoms with van der Waals surface area (Å²) in [6.45, 7) is 3.38. The molecule has 102 valence electrons. The van der Waals surface area contributed by atoms with Crippen molar-refractivity contribution in [2.45, 2.75) is 24.8 Å². The van der Waals surface area contributed by atoms with Crippen LogP contribution in [0.25, 0.3) is 0 Å². The number of hydrogen-bond acceptors (Lipinski definition) is 4. The van der Waals surface area contributed by atoms with Gasteiger partial charge in [-0.2, -0.15) is 5.10 Å². The fourth-order valence-electron chi connectivity index (χ4n) is 1.69. The Bertz CT molecular complexity index is 670. The molecule has 0 aliphatic heterocycles. The molecule has 1 unspecified atom stereocenters. The molecule has 1 heterocycles. The van der Waals surface area contributed by atoms with Crippen LogP contribution in [0.3, 0.4) is 0 Å². The van der Waals surface area contributed by atoms with Crippen molar-refractivity contribution < 1.29 is 8.42 Å². The zero-order valence-electron chi connectivity index (χ0n) is 10.4. The summed E-state index contributed by atoms with van der Waals surface area (Å²) in [5.41, 5.74) is 0.588. The maximum absolute atomic E-state index is 12.3. The average Bonchev–Trinajstić information content (AvgIpc) is 2.80. The lowest BCUT2D eigenvalue weighted by Gasteiger charge is -2.13. The smallest absolute Gasteiger partial charge is 0.241 e. The molecular weight excluding hydrogens is 288 g/mol. The standard InChI is InChI=1S/C11H13ClN4O2S/c1-7-5-9(12)3-4-10(7)19(17,18)16-8(2)11-13-6-14-15-11/h3-6,8,16H,1-2H3,(H,13,14,15). The van der Waals surface area contributed by atoms with Crippen LogP contribution in [0.2, 0.25) is 5.02 Å². The normalized spacial score (nSPS) is 13.4. The largest absolute Gasteiger partial charge is 0.262 e. The number of benzene rings is 1. The molecule has 0 aliphatic rings. The molecular formula is C11H13ClN4O2S. The molecule has 0 saturated heterocycles. The van der Waals surface area contributed by atoms with E-state index in [0.717, 1.165) is 0 Å². The molecule has 0 saturated carbocycles. The van der Waals surface area contributed by atoms with E-state index in [1.54, 1.807) is 26.0 Å². The number of aromatic amines is 1. The van der Waals surface area contributed by atoms with Crippen LogP contribution in [0.4, 0.5) is 0 Å². The minimum atomic E-state index is -3.63. The first-order valence-electron chi connectivity index (χ1n) is 5.54. The maximum atomic E-state index is 12.3. The monoisotopic (exact) mass is 300 g/mol. The summed E-state index contributed by atoms with van der Waals surface area (Å²) in [5, 5.41) is 6.81. The number of nitrogens with one attached hydrogen (secondary N) is 2. The zero-order valence-corrected chi connectivity index (χ0v) is 12.0. The van der Waals surface area contributed by atoms with Gasteiger partial charge in [-0.3, -0.25) is 5.10 Å². The van der Waals surface area contributed by atoms with Crippen LogP contribution in [0.1, 0.15) is 24.4 Å². The Morgan fingerprint density at radius 2 is 2.16 bits per heavy atom. The molecule has 0 fully saturated rings. The number of H-pyrrole nitrogens is 1. The van der Waals surface area contributed by atoms with Gasteiger partial charge in [-0.05, 0) is 37.6 Å². The van der Waals surface area contributed by atoms with Gasteiger partial charge < -0.3 is 0 Å². The van der Waals surface area contributed by atoms with Crippen LogP contribution in [-0.4, -0.2) is 23.6 Å². The van der Waals surface area contributed by atoms with Gasteiger partial charge in [0.1, 0.15) is 12.2 Å². The molecule has 1 aromatic heterocycles. The van der Waals surface area contributed by atoms with Gasteiger partial charge in [-0.25, -0.2) is 18.1 Å². The summed E-state index contributed by atoms with van der Waals surface area (Å²) in [6.07, 6.45) is 1.33. The van der Waals surface area contributed by atoms with E-state index in [1.807, 2.05) is 0 Å². The first-order chi connectivity index (χ1) is 8.90. The first-order valence-corrected chi connectivity index (χ1v) is 7.40. The van der Waals surface area contributed by atoms with Gasteiger partial charge in [0.15, 0.2) is 0 Å². The Kier molecular flexibility index (Phi) is 3.88. The minimum Gasteiger partial charge on any atom is -0.262 e. The van der Waals surface area contributed by atoms with Crippen LogP contribution >= 0.6 is 11.6 Å². The highest BCUT2D eigenvalue weighted by molar-refractivity contribution is 7.89. The van der Waals surface area contributed by atoms with Crippen LogP contribution in [-0.2, 0) is 10.0 Å². The summed E-state index contributed by atoms with van der Waals surface area (Å²) in [6, 6.07) is 4.13. The zero-order chi connectivity index (χ0) is 14.0. The summed E-state index contributed by atoms with van der Waals surface area (Å²) in [5.74, 6) is 0.454. The molecule has 8 heteroatoms. The molecule has 0 bridgehead atoms. The predicted molar refractivity (Wildman–Crippen MR) is 71.3 cm³/mol. The fourth-order valence-corrected chi connectivity index (χ4v) is 3.35. The second kappa shape index (κ2) is 5.28. The summed E-state index contributed by atoms with van der Waals surface area (Å²) in [4.78, 5) is 4.11. The fraction of sp³-hybridized carbons (Fsp3) is 0.273. The molecule has 1 atom stereocenters. The molecule has 1 aromatic carbocycles. The van der Waals surface area contributed by atoms with Gasteiger partial charge in [0.05, 0.1) is 10.9 Å².